The van der Waals surface area contributed by atoms with E-state index in [4.69, 9.17) is 16.3 Å². The molecule has 0 fully saturated rings. The van der Waals surface area contributed by atoms with Gasteiger partial charge in [-0.15, -0.1) is 0 Å². The normalized spacial score (nSPS) is 15.4. The van der Waals surface area contributed by atoms with Crippen LogP contribution in [0.1, 0.15) is 10.4 Å². The summed E-state index contributed by atoms with van der Waals surface area (Å²) >= 11 is 5.92. The van der Waals surface area contributed by atoms with Crippen LogP contribution in [0.4, 0.5) is 24.5 Å². The topological polar surface area (TPSA) is 95.9 Å². The van der Waals surface area contributed by atoms with Crippen molar-refractivity contribution in [2.45, 2.75) is 11.0 Å². The third-order valence-corrected chi connectivity index (χ3v) is 7.11. The maximum Gasteiger partial charge on any atom is 0.264 e. The quantitative estimate of drug-likeness (QED) is 0.539. The summed E-state index contributed by atoms with van der Waals surface area (Å²) in [6.07, 6.45) is -0.940. The first-order valence-electron chi connectivity index (χ1n) is 9.76. The molecule has 1 atom stereocenters. The number of halogens is 4. The molecule has 0 aromatic heterocycles. The zero-order valence-electron chi connectivity index (χ0n) is 17.1. The Morgan fingerprint density at radius 2 is 1.85 bits per heavy atom. The number of anilines is 2. The van der Waals surface area contributed by atoms with Crippen LogP contribution in [0.15, 0.2) is 59.5 Å². The van der Waals surface area contributed by atoms with E-state index < -0.39 is 56.6 Å². The molecule has 1 unspecified atom stereocenters. The van der Waals surface area contributed by atoms with E-state index in [0.717, 1.165) is 16.4 Å². The smallest absolute Gasteiger partial charge is 0.264 e. The Kier molecular flexibility index (Phi) is 6.43. The standard InChI is InChI=1S/C22H16ClF3N2O5S/c23-15-2-1-3-17(25)21(15)22(30)27-12-4-7-20-19(8-12)28(10-13(11-29)33-20)34(31,32)14-5-6-16(24)18(26)9-14/h1-9,13,29H,10-11H2,(H,27,30). The highest BCUT2D eigenvalue weighted by atomic mass is 35.5. The van der Waals surface area contributed by atoms with E-state index in [1.54, 1.807) is 0 Å². The highest BCUT2D eigenvalue weighted by Crippen LogP contribution is 2.39. The molecule has 1 aliphatic rings. The Balaban J connectivity index is 1.74. The summed E-state index contributed by atoms with van der Waals surface area (Å²) in [5, 5.41) is 11.9. The number of sulfonamides is 1. The lowest BCUT2D eigenvalue weighted by atomic mass is 10.1. The van der Waals surface area contributed by atoms with E-state index >= 15 is 0 Å². The number of fused-ring (bicyclic) bond motifs is 1. The Morgan fingerprint density at radius 1 is 1.09 bits per heavy atom. The number of hydrogen-bond donors (Lipinski definition) is 2. The molecule has 0 bridgehead atoms. The second kappa shape index (κ2) is 9.16. The highest BCUT2D eigenvalue weighted by Gasteiger charge is 2.35. The second-order valence-corrected chi connectivity index (χ2v) is 9.54. The number of amides is 1. The zero-order valence-corrected chi connectivity index (χ0v) is 18.7. The molecular weight excluding hydrogens is 497 g/mol. The first kappa shape index (κ1) is 23.9. The van der Waals surface area contributed by atoms with Crippen molar-refractivity contribution in [1.82, 2.24) is 0 Å². The van der Waals surface area contributed by atoms with Crippen molar-refractivity contribution in [2.24, 2.45) is 0 Å². The first-order chi connectivity index (χ1) is 16.1. The number of rotatable bonds is 5. The fraction of sp³-hybridized carbons (Fsp3) is 0.136. The molecule has 1 aliphatic heterocycles. The molecule has 34 heavy (non-hydrogen) atoms. The lowest BCUT2D eigenvalue weighted by molar-refractivity contribution is 0.102. The van der Waals surface area contributed by atoms with Gasteiger partial charge in [-0.2, -0.15) is 0 Å². The second-order valence-electron chi connectivity index (χ2n) is 7.27. The number of ether oxygens (including phenoxy) is 1. The molecule has 12 heteroatoms. The Morgan fingerprint density at radius 3 is 2.53 bits per heavy atom. The minimum absolute atomic E-state index is 0.0353. The van der Waals surface area contributed by atoms with Gasteiger partial charge in [-0.05, 0) is 48.5 Å². The van der Waals surface area contributed by atoms with Gasteiger partial charge in [-0.3, -0.25) is 9.10 Å². The summed E-state index contributed by atoms with van der Waals surface area (Å²) in [5.41, 5.74) is -0.351. The van der Waals surface area contributed by atoms with Crippen LogP contribution in [0.25, 0.3) is 0 Å². The number of carbonyl (C=O) groups is 1. The molecule has 1 amide bonds. The van der Waals surface area contributed by atoms with Crippen LogP contribution < -0.4 is 14.4 Å². The SMILES string of the molecule is O=C(Nc1ccc2c(c1)N(S(=O)(=O)c1ccc(F)c(F)c1)CC(CO)O2)c1c(F)cccc1Cl. The van der Waals surface area contributed by atoms with Crippen LogP contribution in [0.3, 0.4) is 0 Å². The van der Waals surface area contributed by atoms with E-state index in [9.17, 15) is 31.5 Å². The molecule has 0 radical (unpaired) electrons. The monoisotopic (exact) mass is 512 g/mol. The average molecular weight is 513 g/mol. The number of carbonyl (C=O) groups excluding carboxylic acids is 1. The molecule has 7 nitrogen and oxygen atoms in total. The van der Waals surface area contributed by atoms with E-state index in [-0.39, 0.29) is 28.7 Å². The maximum atomic E-state index is 14.1. The molecule has 0 saturated carbocycles. The number of nitrogens with one attached hydrogen (secondary N) is 1. The van der Waals surface area contributed by atoms with Gasteiger partial charge in [0.25, 0.3) is 15.9 Å². The van der Waals surface area contributed by atoms with Crippen molar-refractivity contribution in [3.05, 3.63) is 82.6 Å². The molecule has 0 spiro atoms. The van der Waals surface area contributed by atoms with Crippen LogP contribution >= 0.6 is 11.6 Å². The fourth-order valence-corrected chi connectivity index (χ4v) is 5.15. The van der Waals surface area contributed by atoms with Crippen LogP contribution in [0.5, 0.6) is 5.75 Å². The summed E-state index contributed by atoms with van der Waals surface area (Å²) in [4.78, 5) is 12.1. The summed E-state index contributed by atoms with van der Waals surface area (Å²) < 4.78 is 74.1. The van der Waals surface area contributed by atoms with E-state index in [0.29, 0.717) is 12.1 Å². The highest BCUT2D eigenvalue weighted by molar-refractivity contribution is 7.92. The number of aliphatic hydroxyl groups excluding tert-OH is 1. The van der Waals surface area contributed by atoms with Gasteiger partial charge in [-0.1, -0.05) is 17.7 Å². The molecule has 178 valence electrons. The third-order valence-electron chi connectivity index (χ3n) is 5.02. The third kappa shape index (κ3) is 4.41. The van der Waals surface area contributed by atoms with Crippen molar-refractivity contribution < 1.29 is 36.2 Å². The van der Waals surface area contributed by atoms with E-state index in [1.165, 1.54) is 30.3 Å². The maximum absolute atomic E-state index is 14.1. The molecular formula is C22H16ClF3N2O5S. The molecule has 1 heterocycles. The van der Waals surface area contributed by atoms with Crippen molar-refractivity contribution in [3.8, 4) is 5.75 Å². The lowest BCUT2D eigenvalue weighted by Crippen LogP contribution is -2.45. The minimum Gasteiger partial charge on any atom is -0.484 e. The lowest BCUT2D eigenvalue weighted by Gasteiger charge is -2.35. The number of nitrogens with zero attached hydrogens (tertiary/aromatic N) is 1. The van der Waals surface area contributed by atoms with Crippen LogP contribution in [0.2, 0.25) is 5.02 Å². The van der Waals surface area contributed by atoms with Gasteiger partial charge in [0, 0.05) is 5.69 Å². The predicted molar refractivity (Wildman–Crippen MR) is 118 cm³/mol. The van der Waals surface area contributed by atoms with Crippen LogP contribution in [-0.2, 0) is 10.0 Å². The Bertz CT molecular complexity index is 1370. The Hall–Kier alpha value is -3.28. The van der Waals surface area contributed by atoms with Gasteiger partial charge < -0.3 is 15.2 Å². The van der Waals surface area contributed by atoms with Gasteiger partial charge in [-0.25, -0.2) is 21.6 Å². The first-order valence-corrected chi connectivity index (χ1v) is 11.6. The fourth-order valence-electron chi connectivity index (χ4n) is 3.39. The van der Waals surface area contributed by atoms with Crippen molar-refractivity contribution in [1.29, 1.82) is 0 Å². The van der Waals surface area contributed by atoms with Crippen molar-refractivity contribution >= 4 is 38.9 Å². The molecule has 0 saturated heterocycles. The van der Waals surface area contributed by atoms with Crippen molar-refractivity contribution in [3.63, 3.8) is 0 Å². The largest absolute Gasteiger partial charge is 0.484 e. The molecule has 3 aromatic rings. The predicted octanol–water partition coefficient (Wildman–Crippen LogP) is 3.96. The van der Waals surface area contributed by atoms with Gasteiger partial charge >= 0.3 is 0 Å². The number of aliphatic hydroxyl groups is 1. The van der Waals surface area contributed by atoms with E-state index in [2.05, 4.69) is 5.32 Å². The molecule has 4 rings (SSSR count). The summed E-state index contributed by atoms with van der Waals surface area (Å²) in [6, 6.07) is 9.86. The minimum atomic E-state index is -4.43. The van der Waals surface area contributed by atoms with Gasteiger partial charge in [0.1, 0.15) is 17.7 Å². The van der Waals surface area contributed by atoms with Crippen molar-refractivity contribution in [2.75, 3.05) is 22.8 Å². The van der Waals surface area contributed by atoms with Gasteiger partial charge in [0.15, 0.2) is 11.6 Å². The van der Waals surface area contributed by atoms with Crippen LogP contribution in [-0.4, -0.2) is 38.7 Å². The molecule has 0 aliphatic carbocycles. The molecule has 3 aromatic carbocycles. The molecule has 2 N–H and O–H groups in total. The van der Waals surface area contributed by atoms with E-state index in [1.807, 2.05) is 0 Å². The van der Waals surface area contributed by atoms with Gasteiger partial charge in [0.2, 0.25) is 0 Å². The summed E-state index contributed by atoms with van der Waals surface area (Å²) in [6.45, 7) is -0.866. The summed E-state index contributed by atoms with van der Waals surface area (Å²) in [7, 11) is -4.43. The van der Waals surface area contributed by atoms with Gasteiger partial charge in [0.05, 0.1) is 34.3 Å². The average Bonchev–Trinajstić information content (AvgIpc) is 2.79. The number of benzene rings is 3. The zero-order chi connectivity index (χ0) is 24.6. The number of hydrogen-bond acceptors (Lipinski definition) is 5. The van der Waals surface area contributed by atoms with Crippen LogP contribution in [0, 0.1) is 17.5 Å². The Labute approximate surface area is 197 Å². The summed E-state index contributed by atoms with van der Waals surface area (Å²) in [5.74, 6) is -4.23.